The van der Waals surface area contributed by atoms with Gasteiger partial charge in [0.2, 0.25) is 0 Å². The summed E-state index contributed by atoms with van der Waals surface area (Å²) >= 11 is 0. The van der Waals surface area contributed by atoms with E-state index in [1.807, 2.05) is 0 Å². The summed E-state index contributed by atoms with van der Waals surface area (Å²) in [5.41, 5.74) is 0.864. The summed E-state index contributed by atoms with van der Waals surface area (Å²) in [6.07, 6.45) is 3.39. The smallest absolute Gasteiger partial charge is 0.152 e. The molecular weight excluding hydrogens is 240 g/mol. The van der Waals surface area contributed by atoms with Crippen LogP contribution in [0.15, 0.2) is 12.4 Å². The van der Waals surface area contributed by atoms with Gasteiger partial charge in [0.25, 0.3) is 0 Å². The number of nitrogens with zero attached hydrogens (tertiary/aromatic N) is 3. The molecule has 17 heavy (non-hydrogen) atoms. The van der Waals surface area contributed by atoms with Crippen molar-refractivity contribution in [2.75, 3.05) is 37.0 Å². The fourth-order valence-corrected chi connectivity index (χ4v) is 2.98. The van der Waals surface area contributed by atoms with Crippen molar-refractivity contribution in [2.45, 2.75) is 6.54 Å². The molecule has 1 aromatic rings. The van der Waals surface area contributed by atoms with Crippen molar-refractivity contribution in [3.05, 3.63) is 18.1 Å². The number of hydrogen-bond donors (Lipinski definition) is 1. The minimum Gasteiger partial charge on any atom is -0.372 e. The van der Waals surface area contributed by atoms with Crippen LogP contribution in [0.5, 0.6) is 0 Å². The highest BCUT2D eigenvalue weighted by molar-refractivity contribution is 7.91. The Bertz CT molecular complexity index is 458. The van der Waals surface area contributed by atoms with Gasteiger partial charge in [0, 0.05) is 26.7 Å². The number of nitrogens with one attached hydrogen (secondary N) is 1. The number of anilines is 1. The molecule has 0 amide bonds. The molecule has 7 heteroatoms. The summed E-state index contributed by atoms with van der Waals surface area (Å²) in [4.78, 5) is 10.5. The monoisotopic (exact) mass is 256 g/mol. The first-order valence-electron chi connectivity index (χ1n) is 5.50. The van der Waals surface area contributed by atoms with Crippen molar-refractivity contribution in [2.24, 2.45) is 0 Å². The van der Waals surface area contributed by atoms with E-state index in [1.165, 1.54) is 0 Å². The second-order valence-corrected chi connectivity index (χ2v) is 6.37. The van der Waals surface area contributed by atoms with E-state index in [4.69, 9.17) is 0 Å². The number of hydrogen-bond acceptors (Lipinski definition) is 6. The third kappa shape index (κ3) is 3.37. The second kappa shape index (κ2) is 4.97. The normalized spacial score (nSPS) is 20.1. The number of aromatic nitrogens is 2. The average Bonchev–Trinajstić information content (AvgIpc) is 2.33. The second-order valence-electron chi connectivity index (χ2n) is 4.07. The molecule has 1 aromatic heterocycles. The molecule has 1 N–H and O–H groups in total. The zero-order chi connectivity index (χ0) is 12.3. The zero-order valence-corrected chi connectivity index (χ0v) is 10.6. The fourth-order valence-electron chi connectivity index (χ4n) is 1.70. The van der Waals surface area contributed by atoms with Crippen LogP contribution in [0.25, 0.3) is 0 Å². The maximum absolute atomic E-state index is 11.3. The third-order valence-electron chi connectivity index (χ3n) is 2.78. The Morgan fingerprint density at radius 2 is 2.00 bits per heavy atom. The Morgan fingerprint density at radius 3 is 2.53 bits per heavy atom. The highest BCUT2D eigenvalue weighted by atomic mass is 32.2. The molecule has 2 heterocycles. The largest absolute Gasteiger partial charge is 0.372 e. The lowest BCUT2D eigenvalue weighted by atomic mass is 10.4. The maximum Gasteiger partial charge on any atom is 0.152 e. The highest BCUT2D eigenvalue weighted by Crippen LogP contribution is 2.08. The van der Waals surface area contributed by atoms with Gasteiger partial charge in [0.15, 0.2) is 9.84 Å². The molecule has 1 fully saturated rings. The highest BCUT2D eigenvalue weighted by Gasteiger charge is 2.21. The van der Waals surface area contributed by atoms with Crippen molar-refractivity contribution in [3.8, 4) is 0 Å². The van der Waals surface area contributed by atoms with Gasteiger partial charge in [-0.3, -0.25) is 9.88 Å². The van der Waals surface area contributed by atoms with Gasteiger partial charge in [0.1, 0.15) is 5.82 Å². The van der Waals surface area contributed by atoms with Crippen LogP contribution in [0, 0.1) is 0 Å². The summed E-state index contributed by atoms with van der Waals surface area (Å²) in [6.45, 7) is 1.82. The molecule has 0 radical (unpaired) electrons. The molecule has 1 aliphatic heterocycles. The molecule has 0 atom stereocenters. The summed E-state index contributed by atoms with van der Waals surface area (Å²) in [7, 11) is -1.02. The maximum atomic E-state index is 11.3. The van der Waals surface area contributed by atoms with Crippen LogP contribution in [-0.2, 0) is 16.4 Å². The van der Waals surface area contributed by atoms with E-state index in [1.54, 1.807) is 19.4 Å². The van der Waals surface area contributed by atoms with Crippen LogP contribution >= 0.6 is 0 Å². The molecule has 1 saturated heterocycles. The predicted molar refractivity (Wildman–Crippen MR) is 65.5 cm³/mol. The standard InChI is InChI=1S/C10H16N4O2S/c1-11-10-7-12-9(6-13-10)8-14-2-4-17(15,16)5-3-14/h6-7H,2-5,8H2,1H3,(H,11,13). The molecule has 0 aliphatic carbocycles. The van der Waals surface area contributed by atoms with Gasteiger partial charge in [-0.2, -0.15) is 0 Å². The van der Waals surface area contributed by atoms with Gasteiger partial charge in [0.05, 0.1) is 29.6 Å². The van der Waals surface area contributed by atoms with E-state index in [0.717, 1.165) is 11.5 Å². The molecule has 0 unspecified atom stereocenters. The predicted octanol–water partition coefficient (Wildman–Crippen LogP) is -0.251. The first-order valence-corrected chi connectivity index (χ1v) is 7.33. The van der Waals surface area contributed by atoms with E-state index < -0.39 is 9.84 Å². The van der Waals surface area contributed by atoms with Crippen molar-refractivity contribution >= 4 is 15.7 Å². The summed E-state index contributed by atoms with van der Waals surface area (Å²) in [5, 5.41) is 2.90. The van der Waals surface area contributed by atoms with Gasteiger partial charge in [-0.1, -0.05) is 0 Å². The molecule has 0 aromatic carbocycles. The van der Waals surface area contributed by atoms with Crippen molar-refractivity contribution in [1.82, 2.24) is 14.9 Å². The Balaban J connectivity index is 1.93. The first-order chi connectivity index (χ1) is 8.09. The number of rotatable bonds is 3. The number of sulfone groups is 1. The lowest BCUT2D eigenvalue weighted by molar-refractivity contribution is 0.284. The van der Waals surface area contributed by atoms with Crippen molar-refractivity contribution in [1.29, 1.82) is 0 Å². The van der Waals surface area contributed by atoms with E-state index in [2.05, 4.69) is 20.2 Å². The van der Waals surface area contributed by atoms with Crippen LogP contribution in [0.2, 0.25) is 0 Å². The molecular formula is C10H16N4O2S. The average molecular weight is 256 g/mol. The Labute approximate surface area is 101 Å². The molecule has 0 spiro atoms. The molecule has 2 rings (SSSR count). The third-order valence-corrected chi connectivity index (χ3v) is 4.39. The van der Waals surface area contributed by atoms with Crippen molar-refractivity contribution < 1.29 is 8.42 Å². The van der Waals surface area contributed by atoms with Gasteiger partial charge >= 0.3 is 0 Å². The van der Waals surface area contributed by atoms with E-state index in [9.17, 15) is 8.42 Å². The Hall–Kier alpha value is -1.21. The van der Waals surface area contributed by atoms with Crippen LogP contribution in [0.4, 0.5) is 5.82 Å². The molecule has 1 aliphatic rings. The quantitative estimate of drug-likeness (QED) is 0.803. The lowest BCUT2D eigenvalue weighted by Crippen LogP contribution is -2.39. The van der Waals surface area contributed by atoms with Gasteiger partial charge in [-0.25, -0.2) is 13.4 Å². The van der Waals surface area contributed by atoms with Crippen LogP contribution < -0.4 is 5.32 Å². The molecule has 94 valence electrons. The van der Waals surface area contributed by atoms with E-state index in [-0.39, 0.29) is 11.5 Å². The van der Waals surface area contributed by atoms with E-state index >= 15 is 0 Å². The zero-order valence-electron chi connectivity index (χ0n) is 9.76. The fraction of sp³-hybridized carbons (Fsp3) is 0.600. The Morgan fingerprint density at radius 1 is 1.29 bits per heavy atom. The SMILES string of the molecule is CNc1cnc(CN2CCS(=O)(=O)CC2)cn1. The minimum absolute atomic E-state index is 0.245. The van der Waals surface area contributed by atoms with Crippen LogP contribution in [0.1, 0.15) is 5.69 Å². The molecule has 0 saturated carbocycles. The Kier molecular flexibility index (Phi) is 3.58. The summed E-state index contributed by atoms with van der Waals surface area (Å²) in [6, 6.07) is 0. The van der Waals surface area contributed by atoms with Gasteiger partial charge < -0.3 is 5.32 Å². The molecule has 0 bridgehead atoms. The first kappa shape index (κ1) is 12.3. The summed E-state index contributed by atoms with van der Waals surface area (Å²) < 4.78 is 22.5. The molecule has 6 nitrogen and oxygen atoms in total. The summed E-state index contributed by atoms with van der Waals surface area (Å²) in [5.74, 6) is 1.22. The minimum atomic E-state index is -2.81. The van der Waals surface area contributed by atoms with Crippen LogP contribution in [-0.4, -0.2) is 54.9 Å². The van der Waals surface area contributed by atoms with E-state index in [0.29, 0.717) is 19.6 Å². The van der Waals surface area contributed by atoms with Crippen LogP contribution in [0.3, 0.4) is 0 Å². The topological polar surface area (TPSA) is 75.2 Å². The lowest BCUT2D eigenvalue weighted by Gasteiger charge is -2.25. The van der Waals surface area contributed by atoms with Crippen molar-refractivity contribution in [3.63, 3.8) is 0 Å². The van der Waals surface area contributed by atoms with Gasteiger partial charge in [-0.15, -0.1) is 0 Å². The van der Waals surface area contributed by atoms with Gasteiger partial charge in [-0.05, 0) is 0 Å².